The van der Waals surface area contributed by atoms with E-state index in [9.17, 15) is 0 Å². The van der Waals surface area contributed by atoms with Crippen LogP contribution in [0.2, 0.25) is 0 Å². The van der Waals surface area contributed by atoms with Gasteiger partial charge in [0.25, 0.3) is 0 Å². The van der Waals surface area contributed by atoms with Gasteiger partial charge in [0.2, 0.25) is 0 Å². The van der Waals surface area contributed by atoms with Gasteiger partial charge in [0.15, 0.2) is 0 Å². The molecule has 2 aliphatic carbocycles. The zero-order valence-corrected chi connectivity index (χ0v) is 17.5. The molecule has 110 valence electrons. The van der Waals surface area contributed by atoms with Gasteiger partial charge in [-0.15, -0.1) is 0 Å². The van der Waals surface area contributed by atoms with Crippen molar-refractivity contribution < 1.29 is 47.7 Å². The molecular formula is C19H16Cl2Hf. The van der Waals surface area contributed by atoms with Gasteiger partial charge in [0.1, 0.15) is 0 Å². The Bertz CT molecular complexity index is 760. The first-order chi connectivity index (χ1) is 9.83. The Morgan fingerprint density at radius 1 is 0.909 bits per heavy atom. The second kappa shape index (κ2) is 7.29. The smallest absolute Gasteiger partial charge is 1.00 e. The Morgan fingerprint density at radius 2 is 1.68 bits per heavy atom. The van der Waals surface area contributed by atoms with Gasteiger partial charge in [-0.1, -0.05) is 0 Å². The van der Waals surface area contributed by atoms with Gasteiger partial charge in [-0.3, -0.25) is 0 Å². The summed E-state index contributed by atoms with van der Waals surface area (Å²) in [5.74, 6) is 0. The molecule has 0 atom stereocenters. The SMILES string of the molecule is CC1=[C]([Hf+2][c]2cccc3c2Cc2ccccc2-3)CC=C1.[Cl-].[Cl-]. The molecule has 0 aromatic heterocycles. The van der Waals surface area contributed by atoms with Gasteiger partial charge in [0.05, 0.1) is 0 Å². The third-order valence-electron chi connectivity index (χ3n) is 4.30. The minimum Gasteiger partial charge on any atom is -1.00 e. The third kappa shape index (κ3) is 3.04. The Labute approximate surface area is 155 Å². The molecule has 0 saturated heterocycles. The number of halogens is 2. The molecule has 2 aromatic carbocycles. The summed E-state index contributed by atoms with van der Waals surface area (Å²) < 4.78 is 3.48. The van der Waals surface area contributed by atoms with Gasteiger partial charge in [-0.05, 0) is 0 Å². The van der Waals surface area contributed by atoms with Gasteiger partial charge >= 0.3 is 132 Å². The van der Waals surface area contributed by atoms with Crippen LogP contribution in [0.15, 0.2) is 63.5 Å². The minimum absolute atomic E-state index is 0. The van der Waals surface area contributed by atoms with Crippen LogP contribution in [0.1, 0.15) is 24.5 Å². The maximum absolute atomic E-state index is 2.40. The quantitative estimate of drug-likeness (QED) is 0.370. The molecule has 22 heavy (non-hydrogen) atoms. The summed E-state index contributed by atoms with van der Waals surface area (Å²) in [6, 6.07) is 15.9. The molecular weight excluding hydrogens is 478 g/mol. The second-order valence-corrected chi connectivity index (χ2v) is 10.6. The summed E-state index contributed by atoms with van der Waals surface area (Å²) in [5, 5.41) is 0. The van der Waals surface area contributed by atoms with Crippen LogP contribution in [0.5, 0.6) is 0 Å². The van der Waals surface area contributed by atoms with Crippen molar-refractivity contribution in [3.63, 3.8) is 0 Å². The summed E-state index contributed by atoms with van der Waals surface area (Å²) in [6.45, 7) is 2.28. The van der Waals surface area contributed by atoms with Crippen LogP contribution in [0, 0.1) is 0 Å². The van der Waals surface area contributed by atoms with Crippen molar-refractivity contribution in [2.75, 3.05) is 0 Å². The van der Waals surface area contributed by atoms with Crippen LogP contribution in [0.3, 0.4) is 0 Å². The third-order valence-corrected chi connectivity index (χ3v) is 10.2. The molecule has 2 aromatic rings. The van der Waals surface area contributed by atoms with E-state index in [-0.39, 0.29) is 24.8 Å². The number of hydrogen-bond donors (Lipinski definition) is 0. The molecule has 0 saturated carbocycles. The number of rotatable bonds is 2. The summed E-state index contributed by atoms with van der Waals surface area (Å²) in [5.41, 5.74) is 7.64. The van der Waals surface area contributed by atoms with Crippen LogP contribution in [0.25, 0.3) is 11.1 Å². The van der Waals surface area contributed by atoms with Crippen molar-refractivity contribution in [1.82, 2.24) is 0 Å². The van der Waals surface area contributed by atoms with Crippen molar-refractivity contribution >= 4 is 3.32 Å². The average Bonchev–Trinajstić information content (AvgIpc) is 3.04. The van der Waals surface area contributed by atoms with E-state index < -0.39 is 22.9 Å². The molecule has 0 heterocycles. The topological polar surface area (TPSA) is 0 Å². The summed E-state index contributed by atoms with van der Waals surface area (Å²) in [7, 11) is 0. The van der Waals surface area contributed by atoms with E-state index in [1.807, 2.05) is 0 Å². The molecule has 0 bridgehead atoms. The van der Waals surface area contributed by atoms with Crippen molar-refractivity contribution in [2.45, 2.75) is 19.8 Å². The first-order valence-electron chi connectivity index (χ1n) is 7.16. The van der Waals surface area contributed by atoms with Crippen LogP contribution < -0.4 is 28.1 Å². The Morgan fingerprint density at radius 3 is 2.45 bits per heavy atom. The van der Waals surface area contributed by atoms with Crippen LogP contribution in [-0.2, 0) is 29.3 Å². The number of fused-ring (bicyclic) bond motifs is 3. The standard InChI is InChI=1S/C13H9.C6H7.2ClH.Hf/c1-3-7-12-10(5-1)9-11-6-2-4-8-13(11)12;1-6-4-2-3-5-6;;;/h1-5,7-8H,9H2;2,4H,3H2,1H3;2*1H;/q;;;;+2/p-2. The van der Waals surface area contributed by atoms with E-state index in [1.54, 1.807) is 17.8 Å². The molecule has 0 nitrogen and oxygen atoms in total. The molecule has 3 heteroatoms. The molecule has 4 rings (SSSR count). The Balaban J connectivity index is 0.000000882. The first-order valence-corrected chi connectivity index (χ1v) is 10.8. The Kier molecular flexibility index (Phi) is 5.87. The van der Waals surface area contributed by atoms with Crippen molar-refractivity contribution in [1.29, 1.82) is 0 Å². The predicted octanol–water partition coefficient (Wildman–Crippen LogP) is -1.79. The predicted molar refractivity (Wildman–Crippen MR) is 80.8 cm³/mol. The zero-order valence-electron chi connectivity index (χ0n) is 12.4. The average molecular weight is 494 g/mol. The maximum Gasteiger partial charge on any atom is -1.00 e. The van der Waals surface area contributed by atoms with Gasteiger partial charge in [0, 0.05) is 0 Å². The fraction of sp³-hybridized carbons (Fsp3) is 0.158. The molecule has 0 aliphatic heterocycles. The van der Waals surface area contributed by atoms with Crippen LogP contribution in [0.4, 0.5) is 0 Å². The van der Waals surface area contributed by atoms with Gasteiger partial charge in [-0.25, -0.2) is 0 Å². The maximum atomic E-state index is 2.40. The van der Waals surface area contributed by atoms with E-state index in [0.29, 0.717) is 0 Å². The van der Waals surface area contributed by atoms with Crippen molar-refractivity contribution in [2.24, 2.45) is 0 Å². The molecule has 0 unspecified atom stereocenters. The largest absolute Gasteiger partial charge is 1.00 e. The van der Waals surface area contributed by atoms with E-state index in [2.05, 4.69) is 61.5 Å². The number of benzene rings is 2. The van der Waals surface area contributed by atoms with Crippen molar-refractivity contribution in [3.05, 3.63) is 74.6 Å². The molecule has 2 aliphatic rings. The second-order valence-electron chi connectivity index (χ2n) is 5.56. The van der Waals surface area contributed by atoms with E-state index >= 15 is 0 Å². The summed E-state index contributed by atoms with van der Waals surface area (Å²) in [4.78, 5) is 0. The zero-order chi connectivity index (χ0) is 13.5. The summed E-state index contributed by atoms with van der Waals surface area (Å²) in [6.07, 6.45) is 7.00. The summed E-state index contributed by atoms with van der Waals surface area (Å²) >= 11 is -0.865. The molecule has 0 radical (unpaired) electrons. The van der Waals surface area contributed by atoms with Crippen molar-refractivity contribution in [3.8, 4) is 11.1 Å². The number of hydrogen-bond acceptors (Lipinski definition) is 0. The normalized spacial score (nSPS) is 13.9. The fourth-order valence-electron chi connectivity index (χ4n) is 3.20. The fourth-order valence-corrected chi connectivity index (χ4v) is 8.16. The molecule has 0 fully saturated rings. The molecule has 0 N–H and O–H groups in total. The Hall–Kier alpha value is -0.630. The van der Waals surface area contributed by atoms with E-state index in [4.69, 9.17) is 0 Å². The molecule has 0 amide bonds. The first kappa shape index (κ1) is 17.7. The minimum atomic E-state index is -0.865. The van der Waals surface area contributed by atoms with E-state index in [0.717, 1.165) is 6.42 Å². The van der Waals surface area contributed by atoms with Gasteiger partial charge in [-0.2, -0.15) is 0 Å². The number of allylic oxidation sites excluding steroid dienone is 4. The van der Waals surface area contributed by atoms with E-state index in [1.165, 1.54) is 23.1 Å². The van der Waals surface area contributed by atoms with Gasteiger partial charge < -0.3 is 24.8 Å². The molecule has 0 spiro atoms. The van der Waals surface area contributed by atoms with Crippen LogP contribution >= 0.6 is 0 Å². The monoisotopic (exact) mass is 494 g/mol. The van der Waals surface area contributed by atoms with Crippen LogP contribution in [-0.4, -0.2) is 0 Å².